The van der Waals surface area contributed by atoms with E-state index in [0.717, 1.165) is 36.9 Å². The van der Waals surface area contributed by atoms with E-state index in [1.165, 1.54) is 0 Å². The van der Waals surface area contributed by atoms with Gasteiger partial charge in [-0.1, -0.05) is 18.2 Å². The second-order valence-electron chi connectivity index (χ2n) is 4.81. The number of hydrogen-bond acceptors (Lipinski definition) is 2. The summed E-state index contributed by atoms with van der Waals surface area (Å²) < 4.78 is 0. The molecule has 1 aromatic carbocycles. The first-order valence-corrected chi connectivity index (χ1v) is 5.81. The standard InChI is InChI=1S/C13H15NO2/c15-9-5-7-13(8-6-9)10-3-1-2-4-11(10)14-12(13)16/h1-4,9,15H,5-8H2,(H,14,16). The molecule has 0 atom stereocenters. The zero-order chi connectivity index (χ0) is 11.2. The zero-order valence-corrected chi connectivity index (χ0v) is 9.07. The number of hydrogen-bond donors (Lipinski definition) is 2. The summed E-state index contributed by atoms with van der Waals surface area (Å²) in [5.41, 5.74) is 1.70. The van der Waals surface area contributed by atoms with Gasteiger partial charge in [0.15, 0.2) is 0 Å². The number of benzene rings is 1. The van der Waals surface area contributed by atoms with Crippen LogP contribution in [0.4, 0.5) is 5.69 Å². The van der Waals surface area contributed by atoms with Gasteiger partial charge in [-0.3, -0.25) is 4.79 Å². The largest absolute Gasteiger partial charge is 0.393 e. The Bertz CT molecular complexity index is 433. The summed E-state index contributed by atoms with van der Waals surface area (Å²) in [6.07, 6.45) is 2.74. The Morgan fingerprint density at radius 3 is 2.69 bits per heavy atom. The van der Waals surface area contributed by atoms with Crippen LogP contribution in [0.25, 0.3) is 0 Å². The molecule has 2 N–H and O–H groups in total. The number of carbonyl (C=O) groups excluding carboxylic acids is 1. The molecule has 0 unspecified atom stereocenters. The summed E-state index contributed by atoms with van der Waals surface area (Å²) in [6, 6.07) is 7.90. The number of carbonyl (C=O) groups is 1. The molecule has 1 fully saturated rings. The number of fused-ring (bicyclic) bond motifs is 2. The van der Waals surface area contributed by atoms with Gasteiger partial charge in [-0.15, -0.1) is 0 Å². The third-order valence-electron chi connectivity index (χ3n) is 3.93. The van der Waals surface area contributed by atoms with Gasteiger partial charge in [-0.2, -0.15) is 0 Å². The van der Waals surface area contributed by atoms with Crippen LogP contribution in [0.3, 0.4) is 0 Å². The van der Waals surface area contributed by atoms with Crippen molar-refractivity contribution in [2.45, 2.75) is 37.2 Å². The summed E-state index contributed by atoms with van der Waals surface area (Å²) in [6.45, 7) is 0. The van der Waals surface area contributed by atoms with Crippen LogP contribution in [-0.4, -0.2) is 17.1 Å². The second kappa shape index (κ2) is 3.32. The highest BCUT2D eigenvalue weighted by Crippen LogP contribution is 2.47. The van der Waals surface area contributed by atoms with Crippen LogP contribution in [0.1, 0.15) is 31.2 Å². The van der Waals surface area contributed by atoms with Crippen LogP contribution in [0.5, 0.6) is 0 Å². The number of aliphatic hydroxyl groups is 1. The second-order valence-corrected chi connectivity index (χ2v) is 4.81. The fourth-order valence-corrected chi connectivity index (χ4v) is 2.97. The first-order valence-electron chi connectivity index (χ1n) is 5.81. The molecule has 1 spiro atoms. The maximum Gasteiger partial charge on any atom is 0.235 e. The molecule has 3 rings (SSSR count). The van der Waals surface area contributed by atoms with Gasteiger partial charge in [0.25, 0.3) is 0 Å². The fraction of sp³-hybridized carbons (Fsp3) is 0.462. The van der Waals surface area contributed by atoms with E-state index >= 15 is 0 Å². The van der Waals surface area contributed by atoms with Crippen molar-refractivity contribution in [1.82, 2.24) is 0 Å². The molecule has 0 saturated heterocycles. The predicted octanol–water partition coefficient (Wildman–Crippen LogP) is 1.81. The number of nitrogens with one attached hydrogen (secondary N) is 1. The number of aliphatic hydroxyl groups excluding tert-OH is 1. The number of para-hydroxylation sites is 1. The molecule has 1 heterocycles. The Hall–Kier alpha value is -1.35. The van der Waals surface area contributed by atoms with Crippen LogP contribution in [0.15, 0.2) is 24.3 Å². The van der Waals surface area contributed by atoms with Gasteiger partial charge in [0.2, 0.25) is 5.91 Å². The van der Waals surface area contributed by atoms with Crippen LogP contribution in [0, 0.1) is 0 Å². The molecule has 3 nitrogen and oxygen atoms in total. The Labute approximate surface area is 94.5 Å². The zero-order valence-electron chi connectivity index (χ0n) is 9.07. The van der Waals surface area contributed by atoms with E-state index in [2.05, 4.69) is 5.32 Å². The van der Waals surface area contributed by atoms with Crippen molar-refractivity contribution in [2.24, 2.45) is 0 Å². The van der Waals surface area contributed by atoms with Gasteiger partial charge in [0.1, 0.15) is 0 Å². The Balaban J connectivity index is 2.04. The van der Waals surface area contributed by atoms with Crippen molar-refractivity contribution in [1.29, 1.82) is 0 Å². The average Bonchev–Trinajstić information content (AvgIpc) is 2.57. The summed E-state index contributed by atoms with van der Waals surface area (Å²) in [5.74, 6) is 0.112. The molecule has 1 saturated carbocycles. The number of rotatable bonds is 0. The minimum Gasteiger partial charge on any atom is -0.393 e. The molecule has 3 heteroatoms. The Morgan fingerprint density at radius 1 is 1.25 bits per heavy atom. The quantitative estimate of drug-likeness (QED) is 0.696. The van der Waals surface area contributed by atoms with Crippen molar-refractivity contribution in [3.8, 4) is 0 Å². The molecular weight excluding hydrogens is 202 g/mol. The first kappa shape index (κ1) is 9.85. The SMILES string of the molecule is O=C1Nc2ccccc2C12CCC(O)CC2. The highest BCUT2D eigenvalue weighted by atomic mass is 16.3. The lowest BCUT2D eigenvalue weighted by Crippen LogP contribution is -2.39. The molecule has 2 aliphatic rings. The fourth-order valence-electron chi connectivity index (χ4n) is 2.97. The summed E-state index contributed by atoms with van der Waals surface area (Å²) >= 11 is 0. The summed E-state index contributed by atoms with van der Waals surface area (Å²) in [7, 11) is 0. The molecular formula is C13H15NO2. The maximum atomic E-state index is 12.1. The van der Waals surface area contributed by atoms with E-state index in [1.807, 2.05) is 24.3 Å². The highest BCUT2D eigenvalue weighted by Gasteiger charge is 2.48. The molecule has 84 valence electrons. The lowest BCUT2D eigenvalue weighted by molar-refractivity contribution is -0.122. The lowest BCUT2D eigenvalue weighted by Gasteiger charge is -2.33. The van der Waals surface area contributed by atoms with Crippen LogP contribution >= 0.6 is 0 Å². The van der Waals surface area contributed by atoms with Crippen molar-refractivity contribution in [2.75, 3.05) is 5.32 Å². The van der Waals surface area contributed by atoms with Crippen LogP contribution in [-0.2, 0) is 10.2 Å². The first-order chi connectivity index (χ1) is 7.72. The van der Waals surface area contributed by atoms with Crippen molar-refractivity contribution < 1.29 is 9.90 Å². The van der Waals surface area contributed by atoms with E-state index in [0.29, 0.717) is 0 Å². The summed E-state index contributed by atoms with van der Waals surface area (Å²) in [5, 5.41) is 12.5. The van der Waals surface area contributed by atoms with E-state index in [9.17, 15) is 9.90 Å². The lowest BCUT2D eigenvalue weighted by atomic mass is 9.69. The maximum absolute atomic E-state index is 12.1. The third-order valence-corrected chi connectivity index (χ3v) is 3.93. The van der Waals surface area contributed by atoms with E-state index < -0.39 is 0 Å². The molecule has 16 heavy (non-hydrogen) atoms. The molecule has 1 aliphatic heterocycles. The van der Waals surface area contributed by atoms with Crippen LogP contribution < -0.4 is 5.32 Å². The predicted molar refractivity (Wildman–Crippen MR) is 61.2 cm³/mol. The number of anilines is 1. The molecule has 0 bridgehead atoms. The smallest absolute Gasteiger partial charge is 0.235 e. The van der Waals surface area contributed by atoms with Crippen molar-refractivity contribution in [3.63, 3.8) is 0 Å². The van der Waals surface area contributed by atoms with E-state index in [4.69, 9.17) is 0 Å². The van der Waals surface area contributed by atoms with E-state index in [-0.39, 0.29) is 17.4 Å². The van der Waals surface area contributed by atoms with Gasteiger partial charge < -0.3 is 10.4 Å². The van der Waals surface area contributed by atoms with Crippen molar-refractivity contribution >= 4 is 11.6 Å². The normalized spacial score (nSPS) is 32.6. The number of amides is 1. The molecule has 1 amide bonds. The average molecular weight is 217 g/mol. The monoisotopic (exact) mass is 217 g/mol. The van der Waals surface area contributed by atoms with Crippen LogP contribution in [0.2, 0.25) is 0 Å². The topological polar surface area (TPSA) is 49.3 Å². The van der Waals surface area contributed by atoms with E-state index in [1.54, 1.807) is 0 Å². The molecule has 1 aromatic rings. The minimum atomic E-state index is -0.365. The minimum absolute atomic E-state index is 0.112. The van der Waals surface area contributed by atoms with Gasteiger partial charge in [-0.25, -0.2) is 0 Å². The van der Waals surface area contributed by atoms with Gasteiger partial charge in [0, 0.05) is 5.69 Å². The highest BCUT2D eigenvalue weighted by molar-refractivity contribution is 6.06. The molecule has 0 radical (unpaired) electrons. The van der Waals surface area contributed by atoms with Gasteiger partial charge in [-0.05, 0) is 37.3 Å². The van der Waals surface area contributed by atoms with Crippen molar-refractivity contribution in [3.05, 3.63) is 29.8 Å². The Kier molecular flexibility index (Phi) is 2.04. The summed E-state index contributed by atoms with van der Waals surface area (Å²) in [4.78, 5) is 12.1. The van der Waals surface area contributed by atoms with Gasteiger partial charge >= 0.3 is 0 Å². The molecule has 0 aromatic heterocycles. The third kappa shape index (κ3) is 1.21. The Morgan fingerprint density at radius 2 is 1.94 bits per heavy atom. The van der Waals surface area contributed by atoms with Gasteiger partial charge in [0.05, 0.1) is 11.5 Å². The molecule has 1 aliphatic carbocycles.